The van der Waals surface area contributed by atoms with E-state index >= 15 is 4.79 Å². The van der Waals surface area contributed by atoms with E-state index in [1.165, 1.54) is 11.1 Å². The highest BCUT2D eigenvalue weighted by molar-refractivity contribution is 6.14. The summed E-state index contributed by atoms with van der Waals surface area (Å²) in [6.45, 7) is 4.63. The highest BCUT2D eigenvalue weighted by atomic mass is 16.1. The third-order valence-electron chi connectivity index (χ3n) is 9.04. The van der Waals surface area contributed by atoms with Crippen LogP contribution in [0.25, 0.3) is 60.7 Å². The fraction of sp³-hybridized carbons (Fsp3) is 0.0750. The quantitative estimate of drug-likeness (QED) is 0.190. The molecule has 0 unspecified atom stereocenters. The molecule has 0 saturated heterocycles. The van der Waals surface area contributed by atoms with Crippen LogP contribution in [-0.4, -0.2) is 4.57 Å². The van der Waals surface area contributed by atoms with Crippen LogP contribution in [0.3, 0.4) is 0 Å². The number of pyridine rings is 1. The lowest BCUT2D eigenvalue weighted by molar-refractivity contribution is 0.644. The summed E-state index contributed by atoms with van der Waals surface area (Å²) in [5.74, 6) is 0. The summed E-state index contributed by atoms with van der Waals surface area (Å²) in [5.41, 5.74) is 10.4. The van der Waals surface area contributed by atoms with Gasteiger partial charge in [0.2, 0.25) is 0 Å². The van der Waals surface area contributed by atoms with Crippen LogP contribution >= 0.6 is 0 Å². The predicted octanol–water partition coefficient (Wildman–Crippen LogP) is 9.78. The van der Waals surface area contributed by atoms with Gasteiger partial charge in [-0.15, -0.1) is 0 Å². The molecule has 0 N–H and O–H groups in total. The molecule has 0 bridgehead atoms. The topological polar surface area (TPSA) is 22.0 Å². The normalized spacial score (nSPS) is 13.3. The van der Waals surface area contributed by atoms with Gasteiger partial charge in [-0.25, -0.2) is 0 Å². The lowest BCUT2D eigenvalue weighted by Gasteiger charge is -2.33. The second-order valence-electron chi connectivity index (χ2n) is 11.7. The summed E-state index contributed by atoms with van der Waals surface area (Å²) < 4.78 is 1.99. The zero-order valence-corrected chi connectivity index (χ0v) is 23.6. The summed E-state index contributed by atoms with van der Waals surface area (Å²) in [6.07, 6.45) is 0. The van der Waals surface area contributed by atoms with E-state index in [2.05, 4.69) is 129 Å². The van der Waals surface area contributed by atoms with Gasteiger partial charge in [0.15, 0.2) is 0 Å². The first-order valence-corrected chi connectivity index (χ1v) is 14.5. The molecule has 42 heavy (non-hydrogen) atoms. The van der Waals surface area contributed by atoms with Crippen LogP contribution in [0.1, 0.15) is 25.0 Å². The van der Waals surface area contributed by atoms with Crippen molar-refractivity contribution in [3.63, 3.8) is 0 Å². The fourth-order valence-corrected chi connectivity index (χ4v) is 7.10. The Morgan fingerprint density at radius 3 is 1.71 bits per heavy atom. The van der Waals surface area contributed by atoms with Crippen LogP contribution in [0.5, 0.6) is 0 Å². The fourth-order valence-electron chi connectivity index (χ4n) is 7.10. The number of benzene rings is 6. The first-order chi connectivity index (χ1) is 20.6. The molecule has 7 aromatic rings. The van der Waals surface area contributed by atoms with E-state index in [0.717, 1.165) is 60.7 Å². The minimum absolute atomic E-state index is 0.00773. The molecule has 0 aliphatic carbocycles. The van der Waals surface area contributed by atoms with E-state index in [1.54, 1.807) is 0 Å². The van der Waals surface area contributed by atoms with Gasteiger partial charge in [-0.2, -0.15) is 0 Å². The molecular formula is C40H29NO. The number of nitrogens with zero attached hydrogens (tertiary/aromatic N) is 1. The van der Waals surface area contributed by atoms with Crippen molar-refractivity contribution in [2.24, 2.45) is 0 Å². The SMILES string of the molecule is CC1(C)c2ccccc2-c2ccccc2-n2c(=O)c3c(-c4ccccc4)cccc3c3cccc(c32)-c2ccccc21. The van der Waals surface area contributed by atoms with E-state index in [1.807, 2.05) is 28.8 Å². The average Bonchev–Trinajstić information content (AvgIpc) is 3.05. The van der Waals surface area contributed by atoms with Crippen molar-refractivity contribution in [2.75, 3.05) is 0 Å². The van der Waals surface area contributed by atoms with Gasteiger partial charge in [0.25, 0.3) is 5.56 Å². The maximum atomic E-state index is 15.1. The van der Waals surface area contributed by atoms with Crippen LogP contribution in [0.4, 0.5) is 0 Å². The van der Waals surface area contributed by atoms with Crippen molar-refractivity contribution >= 4 is 21.7 Å². The highest BCUT2D eigenvalue weighted by Gasteiger charge is 2.32. The lowest BCUT2D eigenvalue weighted by Crippen LogP contribution is -2.24. The van der Waals surface area contributed by atoms with Gasteiger partial charge >= 0.3 is 0 Å². The van der Waals surface area contributed by atoms with Crippen LogP contribution in [0, 0.1) is 0 Å². The molecule has 6 aromatic carbocycles. The Labute approximate surface area is 245 Å². The van der Waals surface area contributed by atoms with Gasteiger partial charge in [-0.3, -0.25) is 9.36 Å². The van der Waals surface area contributed by atoms with E-state index < -0.39 is 0 Å². The summed E-state index contributed by atoms with van der Waals surface area (Å²) >= 11 is 0. The molecule has 0 radical (unpaired) electrons. The van der Waals surface area contributed by atoms with Crippen molar-refractivity contribution in [3.8, 4) is 39.1 Å². The maximum Gasteiger partial charge on any atom is 0.264 e. The molecule has 0 spiro atoms. The van der Waals surface area contributed by atoms with Crippen LogP contribution in [-0.2, 0) is 5.41 Å². The molecule has 8 rings (SSSR count). The van der Waals surface area contributed by atoms with Gasteiger partial charge in [-0.05, 0) is 44.8 Å². The standard InChI is InChI=1S/C40H29NO/c1-40(2)34-23-9-6-16-28(34)30-18-8-11-25-36(30)41-38-32(29-17-7-10-24-35(29)40)21-13-22-33(38)31-20-12-19-27(37(31)39(41)42)26-14-4-3-5-15-26/h3-25H,1-2H3. The molecule has 1 aromatic heterocycles. The Morgan fingerprint density at radius 1 is 0.476 bits per heavy atom. The first kappa shape index (κ1) is 24.6. The first-order valence-electron chi connectivity index (χ1n) is 14.5. The Hall–Kier alpha value is -5.21. The molecule has 0 atom stereocenters. The zero-order chi connectivity index (χ0) is 28.4. The van der Waals surface area contributed by atoms with Crippen LogP contribution in [0.15, 0.2) is 144 Å². The highest BCUT2D eigenvalue weighted by Crippen LogP contribution is 2.46. The van der Waals surface area contributed by atoms with Crippen molar-refractivity contribution < 1.29 is 0 Å². The van der Waals surface area contributed by atoms with E-state index in [-0.39, 0.29) is 11.0 Å². The Morgan fingerprint density at radius 2 is 1.00 bits per heavy atom. The molecular weight excluding hydrogens is 510 g/mol. The number of rotatable bonds is 1. The number of aromatic nitrogens is 1. The van der Waals surface area contributed by atoms with Crippen molar-refractivity contribution in [1.82, 2.24) is 4.57 Å². The van der Waals surface area contributed by atoms with Gasteiger partial charge in [-0.1, -0.05) is 147 Å². The minimum Gasteiger partial charge on any atom is -0.275 e. The van der Waals surface area contributed by atoms with Crippen LogP contribution in [0.2, 0.25) is 0 Å². The van der Waals surface area contributed by atoms with Gasteiger partial charge in [0.1, 0.15) is 0 Å². The summed E-state index contributed by atoms with van der Waals surface area (Å²) in [7, 11) is 0. The zero-order valence-electron chi connectivity index (χ0n) is 23.6. The summed E-state index contributed by atoms with van der Waals surface area (Å²) in [6, 6.07) is 48.7. The minimum atomic E-state index is -0.289. The van der Waals surface area contributed by atoms with Crippen LogP contribution < -0.4 is 5.56 Å². The Bertz CT molecular complexity index is 2240. The lowest BCUT2D eigenvalue weighted by atomic mass is 9.72. The molecule has 200 valence electrons. The summed E-state index contributed by atoms with van der Waals surface area (Å²) in [4.78, 5) is 15.1. The van der Waals surface area contributed by atoms with Crippen molar-refractivity contribution in [1.29, 1.82) is 0 Å². The van der Waals surface area contributed by atoms with E-state index in [0.29, 0.717) is 0 Å². The monoisotopic (exact) mass is 539 g/mol. The molecule has 2 nitrogen and oxygen atoms in total. The Kier molecular flexibility index (Phi) is 5.36. The van der Waals surface area contributed by atoms with Gasteiger partial charge in [0.05, 0.1) is 16.6 Å². The largest absolute Gasteiger partial charge is 0.275 e. The third kappa shape index (κ3) is 3.42. The Balaban J connectivity index is 1.67. The third-order valence-corrected chi connectivity index (χ3v) is 9.04. The second-order valence-corrected chi connectivity index (χ2v) is 11.7. The summed E-state index contributed by atoms with van der Waals surface area (Å²) in [5, 5.41) is 2.78. The van der Waals surface area contributed by atoms with Crippen molar-refractivity contribution in [2.45, 2.75) is 19.3 Å². The molecule has 0 saturated carbocycles. The van der Waals surface area contributed by atoms with E-state index in [4.69, 9.17) is 0 Å². The molecule has 0 fully saturated rings. The predicted molar refractivity (Wildman–Crippen MR) is 175 cm³/mol. The average molecular weight is 540 g/mol. The molecule has 0 amide bonds. The molecule has 1 aliphatic heterocycles. The molecule has 1 aliphatic rings. The number of fused-ring (bicyclic) bond motifs is 8. The number of para-hydroxylation sites is 2. The number of hydrogen-bond donors (Lipinski definition) is 0. The smallest absolute Gasteiger partial charge is 0.264 e. The molecule has 2 heteroatoms. The maximum absolute atomic E-state index is 15.1. The van der Waals surface area contributed by atoms with Gasteiger partial charge < -0.3 is 0 Å². The number of hydrogen-bond acceptors (Lipinski definition) is 1. The van der Waals surface area contributed by atoms with E-state index in [9.17, 15) is 0 Å². The molecule has 2 heterocycles. The second kappa shape index (κ2) is 9.15. The van der Waals surface area contributed by atoms with Gasteiger partial charge in [0, 0.05) is 21.9 Å². The van der Waals surface area contributed by atoms with Crippen molar-refractivity contribution in [3.05, 3.63) is 161 Å².